The highest BCUT2D eigenvalue weighted by molar-refractivity contribution is 7.14. The van der Waals surface area contributed by atoms with Gasteiger partial charge in [0.2, 0.25) is 0 Å². The highest BCUT2D eigenvalue weighted by Gasteiger charge is 2.26. The molecule has 0 spiro atoms. The minimum Gasteiger partial charge on any atom is -0.481 e. The molecule has 7 nitrogen and oxygen atoms in total. The maximum Gasteiger partial charge on any atom is 0.308 e. The van der Waals surface area contributed by atoms with Gasteiger partial charge >= 0.3 is 5.97 Å². The second kappa shape index (κ2) is 5.88. The molecule has 0 aromatic carbocycles. The van der Waals surface area contributed by atoms with Crippen molar-refractivity contribution in [1.82, 2.24) is 25.2 Å². The molecule has 2 aromatic heterocycles. The van der Waals surface area contributed by atoms with Crippen molar-refractivity contribution in [2.45, 2.75) is 40.7 Å². The number of hydrogen-bond acceptors (Lipinski definition) is 6. The van der Waals surface area contributed by atoms with Crippen LogP contribution in [0.5, 0.6) is 0 Å². The van der Waals surface area contributed by atoms with Gasteiger partial charge in [-0.25, -0.2) is 9.67 Å². The largest absolute Gasteiger partial charge is 0.481 e. The molecule has 2 rings (SSSR count). The zero-order valence-electron chi connectivity index (χ0n) is 12.6. The van der Waals surface area contributed by atoms with Gasteiger partial charge in [0.1, 0.15) is 0 Å². The smallest absolute Gasteiger partial charge is 0.308 e. The molecule has 21 heavy (non-hydrogen) atoms. The third-order valence-electron chi connectivity index (χ3n) is 2.97. The number of aliphatic carboxylic acids is 1. The molecule has 0 saturated heterocycles. The fourth-order valence-corrected chi connectivity index (χ4v) is 2.91. The summed E-state index contributed by atoms with van der Waals surface area (Å²) in [6, 6.07) is 0. The number of thiazole rings is 1. The van der Waals surface area contributed by atoms with Gasteiger partial charge in [-0.15, -0.1) is 16.4 Å². The van der Waals surface area contributed by atoms with E-state index < -0.39 is 11.9 Å². The van der Waals surface area contributed by atoms with Crippen LogP contribution >= 0.6 is 11.3 Å². The first-order chi connectivity index (χ1) is 9.76. The predicted octanol–water partition coefficient (Wildman–Crippen LogP) is 2.24. The number of hydrogen-bond donors (Lipinski definition) is 1. The molecule has 0 amide bonds. The first kappa shape index (κ1) is 15.6. The minimum absolute atomic E-state index is 0.0711. The van der Waals surface area contributed by atoms with E-state index >= 15 is 0 Å². The lowest BCUT2D eigenvalue weighted by Crippen LogP contribution is -2.26. The first-order valence-corrected chi connectivity index (χ1v) is 7.50. The van der Waals surface area contributed by atoms with Crippen molar-refractivity contribution in [3.05, 3.63) is 11.2 Å². The Morgan fingerprint density at radius 3 is 2.71 bits per heavy atom. The second-order valence-electron chi connectivity index (χ2n) is 6.23. The molecule has 1 N–H and O–H groups in total. The summed E-state index contributed by atoms with van der Waals surface area (Å²) in [6.45, 7) is 8.23. The van der Waals surface area contributed by atoms with E-state index in [0.717, 1.165) is 9.88 Å². The number of aryl methyl sites for hydroxylation is 1. The first-order valence-electron chi connectivity index (χ1n) is 6.68. The normalized spacial score (nSPS) is 13.3. The van der Waals surface area contributed by atoms with Crippen LogP contribution in [-0.4, -0.2) is 36.3 Å². The van der Waals surface area contributed by atoms with Crippen LogP contribution in [0, 0.1) is 18.3 Å². The van der Waals surface area contributed by atoms with E-state index in [9.17, 15) is 9.90 Å². The summed E-state index contributed by atoms with van der Waals surface area (Å²) < 4.78 is 1.55. The summed E-state index contributed by atoms with van der Waals surface area (Å²) >= 11 is 1.49. The van der Waals surface area contributed by atoms with Crippen molar-refractivity contribution in [2.24, 2.45) is 11.3 Å². The Bertz CT molecular complexity index is 629. The predicted molar refractivity (Wildman–Crippen MR) is 78.9 cm³/mol. The maximum absolute atomic E-state index is 11.5. The summed E-state index contributed by atoms with van der Waals surface area (Å²) in [6.07, 6.45) is 2.27. The van der Waals surface area contributed by atoms with Gasteiger partial charge in [0.25, 0.3) is 0 Å². The number of nitrogens with zero attached hydrogens (tertiary/aromatic N) is 5. The molecule has 0 radical (unpaired) electrons. The Hall–Kier alpha value is -1.83. The summed E-state index contributed by atoms with van der Waals surface area (Å²) in [5, 5.41) is 21.9. The van der Waals surface area contributed by atoms with Gasteiger partial charge in [-0.05, 0) is 29.2 Å². The quantitative estimate of drug-likeness (QED) is 0.910. The number of carbonyl (C=O) groups is 1. The van der Waals surface area contributed by atoms with Crippen LogP contribution < -0.4 is 0 Å². The van der Waals surface area contributed by atoms with E-state index in [1.807, 2.05) is 27.7 Å². The number of carboxylic acid groups (broad SMARTS) is 1. The Labute approximate surface area is 127 Å². The van der Waals surface area contributed by atoms with E-state index in [1.54, 1.807) is 10.9 Å². The van der Waals surface area contributed by atoms with Crippen LogP contribution in [0.3, 0.4) is 0 Å². The lowest BCUT2D eigenvalue weighted by molar-refractivity contribution is -0.143. The summed E-state index contributed by atoms with van der Waals surface area (Å²) in [4.78, 5) is 16.5. The van der Waals surface area contributed by atoms with Crippen LogP contribution in [0.4, 0.5) is 0 Å². The molecule has 114 valence electrons. The van der Waals surface area contributed by atoms with Crippen LogP contribution in [0.2, 0.25) is 0 Å². The summed E-state index contributed by atoms with van der Waals surface area (Å²) in [5.41, 5.74) is -0.0711. The fraction of sp³-hybridized carbons (Fsp3) is 0.615. The van der Waals surface area contributed by atoms with Crippen molar-refractivity contribution in [3.8, 4) is 10.7 Å². The zero-order chi connectivity index (χ0) is 15.6. The van der Waals surface area contributed by atoms with Gasteiger partial charge in [-0.1, -0.05) is 20.8 Å². The van der Waals surface area contributed by atoms with Gasteiger partial charge in [-0.3, -0.25) is 4.79 Å². The lowest BCUT2D eigenvalue weighted by Gasteiger charge is -2.23. The van der Waals surface area contributed by atoms with Crippen LogP contribution in [0.1, 0.15) is 32.2 Å². The molecule has 0 saturated carbocycles. The van der Waals surface area contributed by atoms with Crippen molar-refractivity contribution in [2.75, 3.05) is 0 Å². The number of rotatable bonds is 5. The summed E-state index contributed by atoms with van der Waals surface area (Å²) in [7, 11) is 0. The molecule has 0 bridgehead atoms. The fourth-order valence-electron chi connectivity index (χ4n) is 2.15. The van der Waals surface area contributed by atoms with Gasteiger partial charge < -0.3 is 5.11 Å². The minimum atomic E-state index is -0.827. The molecular formula is C13H19N5O2S. The molecule has 2 heterocycles. The van der Waals surface area contributed by atoms with Gasteiger partial charge in [0.05, 0.1) is 22.3 Å². The monoisotopic (exact) mass is 309 g/mol. The van der Waals surface area contributed by atoms with E-state index in [-0.39, 0.29) is 12.0 Å². The van der Waals surface area contributed by atoms with Gasteiger partial charge in [0, 0.05) is 6.20 Å². The Morgan fingerprint density at radius 2 is 2.19 bits per heavy atom. The standard InChI is InChI=1S/C13H19N5O2S/c1-8-14-6-10(21-8)11-15-16-17-18(11)7-9(12(19)20)5-13(2,3)4/h6,9H,5,7H2,1-4H3,(H,19,20). The Morgan fingerprint density at radius 1 is 1.48 bits per heavy atom. The number of carboxylic acids is 1. The molecule has 0 aliphatic rings. The maximum atomic E-state index is 11.5. The second-order valence-corrected chi connectivity index (χ2v) is 7.46. The van der Waals surface area contributed by atoms with E-state index in [2.05, 4.69) is 20.5 Å². The molecule has 0 aliphatic carbocycles. The van der Waals surface area contributed by atoms with Crippen LogP contribution in [0.25, 0.3) is 10.7 Å². The molecule has 1 unspecified atom stereocenters. The van der Waals surface area contributed by atoms with E-state index in [4.69, 9.17) is 0 Å². The van der Waals surface area contributed by atoms with E-state index in [0.29, 0.717) is 12.2 Å². The highest BCUT2D eigenvalue weighted by atomic mass is 32.1. The Balaban J connectivity index is 2.22. The lowest BCUT2D eigenvalue weighted by atomic mass is 9.84. The van der Waals surface area contributed by atoms with Crippen LogP contribution in [0.15, 0.2) is 6.20 Å². The molecule has 0 fully saturated rings. The average molecular weight is 309 g/mol. The topological polar surface area (TPSA) is 93.8 Å². The molecule has 0 aliphatic heterocycles. The van der Waals surface area contributed by atoms with Gasteiger partial charge in [0.15, 0.2) is 5.82 Å². The van der Waals surface area contributed by atoms with Crippen LogP contribution in [-0.2, 0) is 11.3 Å². The number of aromatic nitrogens is 5. The van der Waals surface area contributed by atoms with E-state index in [1.165, 1.54) is 11.3 Å². The third-order valence-corrected chi connectivity index (χ3v) is 3.88. The zero-order valence-corrected chi connectivity index (χ0v) is 13.4. The SMILES string of the molecule is Cc1ncc(-c2nnnn2CC(CC(C)(C)C)C(=O)O)s1. The molecule has 8 heteroatoms. The van der Waals surface area contributed by atoms with Crippen molar-refractivity contribution in [1.29, 1.82) is 0 Å². The van der Waals surface area contributed by atoms with Crippen molar-refractivity contribution < 1.29 is 9.90 Å². The van der Waals surface area contributed by atoms with Crippen molar-refractivity contribution in [3.63, 3.8) is 0 Å². The molecular weight excluding hydrogens is 290 g/mol. The highest BCUT2D eigenvalue weighted by Crippen LogP contribution is 2.28. The number of tetrazole rings is 1. The summed E-state index contributed by atoms with van der Waals surface area (Å²) in [5.74, 6) is -0.783. The third kappa shape index (κ3) is 4.07. The molecule has 2 aromatic rings. The average Bonchev–Trinajstić information content (AvgIpc) is 2.95. The Kier molecular flexibility index (Phi) is 4.36. The van der Waals surface area contributed by atoms with Gasteiger partial charge in [-0.2, -0.15) is 0 Å². The van der Waals surface area contributed by atoms with Crippen molar-refractivity contribution >= 4 is 17.3 Å². The molecule has 1 atom stereocenters.